The lowest BCUT2D eigenvalue weighted by atomic mass is 9.87. The molecule has 0 saturated carbocycles. The summed E-state index contributed by atoms with van der Waals surface area (Å²) in [5.74, 6) is -0.609. The number of esters is 1. The number of carbonyl (C=O) groups is 1. The highest BCUT2D eigenvalue weighted by Crippen LogP contribution is 2.27. The first-order chi connectivity index (χ1) is 11.3. The molecule has 0 radical (unpaired) electrons. The molecule has 0 aromatic carbocycles. The van der Waals surface area contributed by atoms with Gasteiger partial charge in [-0.05, 0) is 32.6 Å². The molecule has 138 valence electrons. The second-order valence-corrected chi connectivity index (χ2v) is 6.59. The zero-order valence-electron chi connectivity index (χ0n) is 14.9. The maximum Gasteiger partial charge on any atom is 0.330 e. The van der Waals surface area contributed by atoms with Gasteiger partial charge in [-0.25, -0.2) is 4.79 Å². The Morgan fingerprint density at radius 3 is 2.58 bits per heavy atom. The molecule has 0 bridgehead atoms. The van der Waals surface area contributed by atoms with Gasteiger partial charge >= 0.3 is 5.97 Å². The quantitative estimate of drug-likeness (QED) is 0.365. The summed E-state index contributed by atoms with van der Waals surface area (Å²) in [6.45, 7) is 5.73. The molecule has 1 fully saturated rings. The second kappa shape index (κ2) is 9.93. The minimum Gasteiger partial charge on any atom is -0.466 e. The van der Waals surface area contributed by atoms with Gasteiger partial charge in [-0.1, -0.05) is 24.6 Å². The first-order valence-corrected chi connectivity index (χ1v) is 8.33. The molecule has 1 saturated heterocycles. The molecule has 0 aromatic heterocycles. The molecule has 6 heteroatoms. The fourth-order valence-electron chi connectivity index (χ4n) is 2.60. The van der Waals surface area contributed by atoms with Crippen LogP contribution in [-0.4, -0.2) is 59.4 Å². The highest BCUT2D eigenvalue weighted by Gasteiger charge is 2.37. The molecule has 6 nitrogen and oxygen atoms in total. The summed E-state index contributed by atoms with van der Waals surface area (Å²) in [5.41, 5.74) is 0.724. The Morgan fingerprint density at radius 2 is 2.00 bits per heavy atom. The molecule has 1 aliphatic rings. The number of aliphatic hydroxyl groups excluding tert-OH is 3. The number of ether oxygens (including phenoxy) is 2. The highest BCUT2D eigenvalue weighted by molar-refractivity contribution is 5.82. The van der Waals surface area contributed by atoms with Crippen LogP contribution in [0, 0.1) is 11.8 Å². The lowest BCUT2D eigenvalue weighted by molar-refractivity contribution is -0.162. The molecule has 6 atom stereocenters. The van der Waals surface area contributed by atoms with Crippen molar-refractivity contribution in [3.8, 4) is 0 Å². The molecule has 0 spiro atoms. The third-order valence-electron chi connectivity index (χ3n) is 4.47. The van der Waals surface area contributed by atoms with Crippen molar-refractivity contribution in [3.05, 3.63) is 23.8 Å². The molecule has 0 unspecified atom stereocenters. The third-order valence-corrected chi connectivity index (χ3v) is 4.47. The standard InChI is InChI=1S/C18H30O6/c1-11(9-16(20)23-4)8-15-18(22)17(21)14(10-24-15)7-5-6-12(2)13(3)19/h5-6,9,12-15,17-19,21-22H,7-8,10H2,1-4H3/b6-5+,11-9+/t12-,13+,14+,15+,17-,18+/m1/s1. The number of hydrogen-bond acceptors (Lipinski definition) is 6. The Hall–Kier alpha value is -1.21. The van der Waals surface area contributed by atoms with E-state index >= 15 is 0 Å². The summed E-state index contributed by atoms with van der Waals surface area (Å²) >= 11 is 0. The van der Waals surface area contributed by atoms with Crippen LogP contribution in [0.5, 0.6) is 0 Å². The first-order valence-electron chi connectivity index (χ1n) is 8.33. The molecule has 0 aromatic rings. The zero-order valence-corrected chi connectivity index (χ0v) is 14.9. The van der Waals surface area contributed by atoms with Crippen LogP contribution in [-0.2, 0) is 14.3 Å². The van der Waals surface area contributed by atoms with Crippen LogP contribution in [0.15, 0.2) is 23.8 Å². The lowest BCUT2D eigenvalue weighted by Crippen LogP contribution is -2.50. The second-order valence-electron chi connectivity index (χ2n) is 6.59. The van der Waals surface area contributed by atoms with E-state index in [1.54, 1.807) is 13.8 Å². The van der Waals surface area contributed by atoms with Crippen molar-refractivity contribution in [2.24, 2.45) is 11.8 Å². The van der Waals surface area contributed by atoms with Gasteiger partial charge in [-0.15, -0.1) is 0 Å². The largest absolute Gasteiger partial charge is 0.466 e. The van der Waals surface area contributed by atoms with Crippen molar-refractivity contribution in [2.75, 3.05) is 13.7 Å². The van der Waals surface area contributed by atoms with Gasteiger partial charge in [0.2, 0.25) is 0 Å². The molecule has 3 N–H and O–H groups in total. The van der Waals surface area contributed by atoms with Crippen molar-refractivity contribution in [1.29, 1.82) is 0 Å². The van der Waals surface area contributed by atoms with Crippen LogP contribution < -0.4 is 0 Å². The Balaban J connectivity index is 2.55. The number of rotatable bonds is 7. The van der Waals surface area contributed by atoms with Crippen molar-refractivity contribution in [2.45, 2.75) is 58.0 Å². The smallest absolute Gasteiger partial charge is 0.330 e. The average Bonchev–Trinajstić information content (AvgIpc) is 2.53. The van der Waals surface area contributed by atoms with Gasteiger partial charge in [0, 0.05) is 12.0 Å². The lowest BCUT2D eigenvalue weighted by Gasteiger charge is -2.37. The van der Waals surface area contributed by atoms with Crippen LogP contribution in [0.4, 0.5) is 0 Å². The molecule has 24 heavy (non-hydrogen) atoms. The van der Waals surface area contributed by atoms with Gasteiger partial charge in [0.1, 0.15) is 6.10 Å². The SMILES string of the molecule is COC(=O)/C=C(\C)C[C@@H]1OC[C@H](C/C=C/[C@@H](C)[C@H](C)O)[C@@H](O)[C@H]1O. The van der Waals surface area contributed by atoms with Crippen molar-refractivity contribution >= 4 is 5.97 Å². The van der Waals surface area contributed by atoms with Gasteiger partial charge in [-0.3, -0.25) is 0 Å². The van der Waals surface area contributed by atoms with E-state index in [1.165, 1.54) is 13.2 Å². The molecule has 0 aliphatic carbocycles. The fraction of sp³-hybridized carbons (Fsp3) is 0.722. The monoisotopic (exact) mass is 342 g/mol. The summed E-state index contributed by atoms with van der Waals surface area (Å²) in [6, 6.07) is 0. The minimum absolute atomic E-state index is 0.0374. The number of aliphatic hydroxyl groups is 3. The maximum atomic E-state index is 11.2. The zero-order chi connectivity index (χ0) is 18.3. The van der Waals surface area contributed by atoms with E-state index in [0.717, 1.165) is 5.57 Å². The van der Waals surface area contributed by atoms with E-state index < -0.39 is 30.4 Å². The Morgan fingerprint density at radius 1 is 1.33 bits per heavy atom. The average molecular weight is 342 g/mol. The van der Waals surface area contributed by atoms with E-state index in [-0.39, 0.29) is 11.8 Å². The van der Waals surface area contributed by atoms with E-state index in [0.29, 0.717) is 19.4 Å². The highest BCUT2D eigenvalue weighted by atomic mass is 16.5. The van der Waals surface area contributed by atoms with Crippen molar-refractivity contribution in [3.63, 3.8) is 0 Å². The van der Waals surface area contributed by atoms with Crippen LogP contribution in [0.25, 0.3) is 0 Å². The Kier molecular flexibility index (Phi) is 8.62. The summed E-state index contributed by atoms with van der Waals surface area (Å²) in [5, 5.41) is 30.0. The van der Waals surface area contributed by atoms with E-state index in [4.69, 9.17) is 4.74 Å². The third kappa shape index (κ3) is 6.36. The van der Waals surface area contributed by atoms with Crippen LogP contribution in [0.3, 0.4) is 0 Å². The predicted octanol–water partition coefficient (Wildman–Crippen LogP) is 1.20. The summed E-state index contributed by atoms with van der Waals surface area (Å²) in [6.07, 6.45) is 3.23. The molecule has 1 heterocycles. The normalized spacial score (nSPS) is 31.0. The molecule has 1 aliphatic heterocycles. The van der Waals surface area contributed by atoms with E-state index in [9.17, 15) is 20.1 Å². The van der Waals surface area contributed by atoms with Crippen LogP contribution >= 0.6 is 0 Å². The number of methoxy groups -OCH3 is 1. The summed E-state index contributed by atoms with van der Waals surface area (Å²) in [7, 11) is 1.30. The maximum absolute atomic E-state index is 11.2. The van der Waals surface area contributed by atoms with Gasteiger partial charge < -0.3 is 24.8 Å². The number of hydrogen-bond donors (Lipinski definition) is 3. The van der Waals surface area contributed by atoms with E-state index in [2.05, 4.69) is 4.74 Å². The predicted molar refractivity (Wildman–Crippen MR) is 90.2 cm³/mol. The van der Waals surface area contributed by atoms with Gasteiger partial charge in [0.05, 0.1) is 32.0 Å². The molecule has 0 amide bonds. The topological polar surface area (TPSA) is 96.2 Å². The van der Waals surface area contributed by atoms with Crippen LogP contribution in [0.2, 0.25) is 0 Å². The fourth-order valence-corrected chi connectivity index (χ4v) is 2.60. The van der Waals surface area contributed by atoms with Gasteiger partial charge in [0.25, 0.3) is 0 Å². The summed E-state index contributed by atoms with van der Waals surface area (Å²) in [4.78, 5) is 11.2. The summed E-state index contributed by atoms with van der Waals surface area (Å²) < 4.78 is 10.2. The number of carbonyl (C=O) groups excluding carboxylic acids is 1. The van der Waals surface area contributed by atoms with Gasteiger partial charge in [-0.2, -0.15) is 0 Å². The van der Waals surface area contributed by atoms with Gasteiger partial charge in [0.15, 0.2) is 0 Å². The molecule has 1 rings (SSSR count). The van der Waals surface area contributed by atoms with E-state index in [1.807, 2.05) is 19.1 Å². The number of allylic oxidation sites excluding steroid dienone is 1. The molecular weight excluding hydrogens is 312 g/mol. The molecular formula is C18H30O6. The Labute approximate surface area is 143 Å². The Bertz CT molecular complexity index is 456. The van der Waals surface area contributed by atoms with Crippen LogP contribution in [0.1, 0.15) is 33.6 Å². The first kappa shape index (κ1) is 20.8. The van der Waals surface area contributed by atoms with Crippen molar-refractivity contribution < 1.29 is 29.6 Å². The van der Waals surface area contributed by atoms with Crippen molar-refractivity contribution in [1.82, 2.24) is 0 Å². The minimum atomic E-state index is -1.01.